The van der Waals surface area contributed by atoms with Crippen LogP contribution < -0.4 is 25.3 Å². The van der Waals surface area contributed by atoms with Crippen molar-refractivity contribution in [2.75, 3.05) is 19.5 Å². The molecule has 1 atom stereocenters. The lowest BCUT2D eigenvalue weighted by Gasteiger charge is -2.14. The second-order valence-electron chi connectivity index (χ2n) is 8.37. The number of esters is 1. The summed E-state index contributed by atoms with van der Waals surface area (Å²) in [4.78, 5) is 29.3. The summed E-state index contributed by atoms with van der Waals surface area (Å²) in [5, 5.41) is 7.25. The Morgan fingerprint density at radius 1 is 0.972 bits per heavy atom. The van der Waals surface area contributed by atoms with Gasteiger partial charge in [0.1, 0.15) is 11.8 Å². The number of fused-ring (bicyclic) bond motifs is 1. The van der Waals surface area contributed by atoms with Crippen LogP contribution in [-0.2, 0) is 4.79 Å². The number of hydrogen-bond acceptors (Lipinski definition) is 8. The van der Waals surface area contributed by atoms with Gasteiger partial charge in [-0.1, -0.05) is 13.8 Å². The van der Waals surface area contributed by atoms with E-state index in [-0.39, 0.29) is 11.6 Å². The third kappa shape index (κ3) is 5.13. The van der Waals surface area contributed by atoms with E-state index in [1.54, 1.807) is 67.4 Å². The molecule has 36 heavy (non-hydrogen) atoms. The van der Waals surface area contributed by atoms with Crippen LogP contribution in [0.2, 0.25) is 0 Å². The Morgan fingerprint density at radius 2 is 1.69 bits per heavy atom. The topological polar surface area (TPSA) is 130 Å². The highest BCUT2D eigenvalue weighted by molar-refractivity contribution is 6.03. The molecule has 2 heterocycles. The number of nitrogens with one attached hydrogen (secondary N) is 1. The van der Waals surface area contributed by atoms with E-state index in [1.807, 2.05) is 26.0 Å². The van der Waals surface area contributed by atoms with E-state index in [0.29, 0.717) is 28.6 Å². The van der Waals surface area contributed by atoms with E-state index in [1.165, 1.54) is 0 Å². The smallest absolute Gasteiger partial charge is 0.328 e. The van der Waals surface area contributed by atoms with E-state index in [2.05, 4.69) is 15.4 Å². The molecule has 10 heteroatoms. The third-order valence-corrected chi connectivity index (χ3v) is 5.59. The van der Waals surface area contributed by atoms with Crippen LogP contribution in [0.25, 0.3) is 16.9 Å². The summed E-state index contributed by atoms with van der Waals surface area (Å²) in [6.07, 6.45) is 1.65. The molecule has 0 radical (unpaired) electrons. The number of benzene rings is 2. The van der Waals surface area contributed by atoms with Gasteiger partial charge in [-0.2, -0.15) is 5.10 Å². The summed E-state index contributed by atoms with van der Waals surface area (Å²) in [5.41, 5.74) is 8.57. The van der Waals surface area contributed by atoms with Crippen molar-refractivity contribution >= 4 is 23.2 Å². The Kier molecular flexibility index (Phi) is 7.16. The molecule has 0 spiro atoms. The van der Waals surface area contributed by atoms with Crippen LogP contribution in [0, 0.1) is 5.92 Å². The van der Waals surface area contributed by atoms with Gasteiger partial charge in [-0.05, 0) is 54.4 Å². The van der Waals surface area contributed by atoms with Gasteiger partial charge in [-0.15, -0.1) is 0 Å². The van der Waals surface area contributed by atoms with Crippen molar-refractivity contribution in [3.63, 3.8) is 0 Å². The predicted molar refractivity (Wildman–Crippen MR) is 134 cm³/mol. The molecular weight excluding hydrogens is 462 g/mol. The maximum Gasteiger partial charge on any atom is 0.328 e. The fourth-order valence-electron chi connectivity index (χ4n) is 3.48. The summed E-state index contributed by atoms with van der Waals surface area (Å²) in [5.74, 6) is 0.560. The Balaban J connectivity index is 1.53. The van der Waals surface area contributed by atoms with Crippen molar-refractivity contribution in [1.82, 2.24) is 14.6 Å². The molecule has 4 aromatic rings. The molecule has 0 saturated heterocycles. The van der Waals surface area contributed by atoms with Gasteiger partial charge < -0.3 is 25.3 Å². The van der Waals surface area contributed by atoms with Crippen molar-refractivity contribution in [2.45, 2.75) is 19.9 Å². The summed E-state index contributed by atoms with van der Waals surface area (Å²) in [7, 11) is 3.14. The van der Waals surface area contributed by atoms with Gasteiger partial charge in [0.05, 0.1) is 19.9 Å². The quantitative estimate of drug-likeness (QED) is 0.284. The Labute approximate surface area is 208 Å². The number of nitrogens with two attached hydrogens (primary N) is 1. The highest BCUT2D eigenvalue weighted by atomic mass is 16.5. The van der Waals surface area contributed by atoms with E-state index < -0.39 is 17.9 Å². The average molecular weight is 490 g/mol. The van der Waals surface area contributed by atoms with Gasteiger partial charge in [-0.3, -0.25) is 4.79 Å². The van der Waals surface area contributed by atoms with E-state index >= 15 is 0 Å². The van der Waals surface area contributed by atoms with Crippen LogP contribution in [0.4, 0.5) is 5.69 Å². The minimum atomic E-state index is -0.711. The largest absolute Gasteiger partial charge is 0.493 e. The zero-order valence-corrected chi connectivity index (χ0v) is 20.4. The SMILES string of the molecule is COc1ccc(-c2ccnc3cc(C(=O)Nc4ccc(OC(=O)[C@@H](N)C(C)C)cc4)nn23)cc1OC. The van der Waals surface area contributed by atoms with E-state index in [4.69, 9.17) is 19.9 Å². The number of rotatable bonds is 8. The minimum Gasteiger partial charge on any atom is -0.493 e. The zero-order valence-electron chi connectivity index (χ0n) is 20.4. The highest BCUT2D eigenvalue weighted by Gasteiger charge is 2.20. The molecule has 0 aliphatic rings. The molecule has 2 aromatic carbocycles. The summed E-state index contributed by atoms with van der Waals surface area (Å²) < 4.78 is 17.6. The maximum atomic E-state index is 12.9. The average Bonchev–Trinajstić information content (AvgIpc) is 3.33. The second kappa shape index (κ2) is 10.4. The number of carbonyl (C=O) groups excluding carboxylic acids is 2. The monoisotopic (exact) mass is 489 g/mol. The molecule has 2 aromatic heterocycles. The summed E-state index contributed by atoms with van der Waals surface area (Å²) in [6.45, 7) is 3.69. The maximum absolute atomic E-state index is 12.9. The molecule has 0 fully saturated rings. The Morgan fingerprint density at radius 3 is 2.36 bits per heavy atom. The van der Waals surface area contributed by atoms with Crippen molar-refractivity contribution < 1.29 is 23.8 Å². The lowest BCUT2D eigenvalue weighted by Crippen LogP contribution is -2.38. The van der Waals surface area contributed by atoms with Crippen LogP contribution in [0.1, 0.15) is 24.3 Å². The molecule has 0 saturated carbocycles. The lowest BCUT2D eigenvalue weighted by atomic mass is 10.1. The first-order chi connectivity index (χ1) is 17.3. The lowest BCUT2D eigenvalue weighted by molar-refractivity contribution is -0.136. The molecule has 4 rings (SSSR count). The van der Waals surface area contributed by atoms with Crippen molar-refractivity contribution in [2.24, 2.45) is 11.7 Å². The van der Waals surface area contributed by atoms with E-state index in [9.17, 15) is 9.59 Å². The Bertz CT molecular complexity index is 1400. The number of amides is 1. The minimum absolute atomic E-state index is 0.0387. The van der Waals surface area contributed by atoms with Crippen LogP contribution in [0.15, 0.2) is 60.8 Å². The van der Waals surface area contributed by atoms with E-state index in [0.717, 1.165) is 11.3 Å². The number of carbonyl (C=O) groups is 2. The van der Waals surface area contributed by atoms with Gasteiger partial charge in [0, 0.05) is 23.5 Å². The molecule has 186 valence electrons. The normalized spacial score (nSPS) is 11.8. The number of nitrogens with zero attached hydrogens (tertiary/aromatic N) is 3. The molecule has 3 N–H and O–H groups in total. The molecule has 10 nitrogen and oxygen atoms in total. The highest BCUT2D eigenvalue weighted by Crippen LogP contribution is 2.32. The van der Waals surface area contributed by atoms with Gasteiger partial charge in [0.25, 0.3) is 5.91 Å². The van der Waals surface area contributed by atoms with Crippen molar-refractivity contribution in [3.8, 4) is 28.5 Å². The fraction of sp³-hybridized carbons (Fsp3) is 0.231. The molecule has 0 aliphatic carbocycles. The first kappa shape index (κ1) is 24.7. The third-order valence-electron chi connectivity index (χ3n) is 5.59. The first-order valence-corrected chi connectivity index (χ1v) is 11.3. The van der Waals surface area contributed by atoms with Gasteiger partial charge >= 0.3 is 5.97 Å². The number of methoxy groups -OCH3 is 2. The molecular formula is C26H27N5O5. The van der Waals surface area contributed by atoms with Gasteiger partial charge in [0.15, 0.2) is 22.8 Å². The van der Waals surface area contributed by atoms with Crippen LogP contribution >= 0.6 is 0 Å². The zero-order chi connectivity index (χ0) is 25.8. The van der Waals surface area contributed by atoms with Crippen molar-refractivity contribution in [1.29, 1.82) is 0 Å². The van der Waals surface area contributed by atoms with Gasteiger partial charge in [-0.25, -0.2) is 14.3 Å². The Hall–Kier alpha value is -4.44. The molecule has 1 amide bonds. The van der Waals surface area contributed by atoms with Gasteiger partial charge in [0.2, 0.25) is 0 Å². The number of anilines is 1. The summed E-state index contributed by atoms with van der Waals surface area (Å²) in [6, 6.07) is 14.6. The standard InChI is InChI=1S/C26H27N5O5/c1-15(2)24(27)26(33)36-18-8-6-17(7-9-18)29-25(32)19-14-23-28-12-11-20(31(23)30-19)16-5-10-21(34-3)22(13-16)35-4/h5-15,24H,27H2,1-4H3,(H,29,32)/t24-/m0/s1. The van der Waals surface area contributed by atoms with Crippen LogP contribution in [0.5, 0.6) is 17.2 Å². The first-order valence-electron chi connectivity index (χ1n) is 11.3. The summed E-state index contributed by atoms with van der Waals surface area (Å²) >= 11 is 0. The molecule has 0 aliphatic heterocycles. The molecule has 0 bridgehead atoms. The predicted octanol–water partition coefficient (Wildman–Crippen LogP) is 3.55. The number of aromatic nitrogens is 3. The fourth-order valence-corrected chi connectivity index (χ4v) is 3.48. The van der Waals surface area contributed by atoms with Crippen LogP contribution in [0.3, 0.4) is 0 Å². The number of hydrogen-bond donors (Lipinski definition) is 2. The van der Waals surface area contributed by atoms with Crippen LogP contribution in [-0.4, -0.2) is 46.7 Å². The van der Waals surface area contributed by atoms with Crippen molar-refractivity contribution in [3.05, 3.63) is 66.5 Å². The molecule has 0 unspecified atom stereocenters. The second-order valence-corrected chi connectivity index (χ2v) is 8.37. The number of ether oxygens (including phenoxy) is 3.